The van der Waals surface area contributed by atoms with Crippen molar-refractivity contribution in [3.63, 3.8) is 0 Å². The molecule has 2 aromatic carbocycles. The van der Waals surface area contributed by atoms with Crippen LogP contribution in [0.5, 0.6) is 17.2 Å². The molecule has 1 amide bonds. The van der Waals surface area contributed by atoms with E-state index < -0.39 is 0 Å². The molecule has 0 aliphatic rings. The van der Waals surface area contributed by atoms with Gasteiger partial charge < -0.3 is 18.8 Å². The van der Waals surface area contributed by atoms with Crippen LogP contribution in [-0.2, 0) is 7.05 Å². The molecule has 1 aromatic heterocycles. The van der Waals surface area contributed by atoms with E-state index >= 15 is 0 Å². The highest BCUT2D eigenvalue weighted by Crippen LogP contribution is 2.33. The van der Waals surface area contributed by atoms with E-state index in [2.05, 4.69) is 4.99 Å². The average Bonchev–Trinajstić information content (AvgIpc) is 2.95. The van der Waals surface area contributed by atoms with Crippen molar-refractivity contribution in [2.45, 2.75) is 0 Å². The van der Waals surface area contributed by atoms with Crippen molar-refractivity contribution < 1.29 is 19.0 Å². The molecular weight excluding hydrogens is 340 g/mol. The van der Waals surface area contributed by atoms with Crippen molar-refractivity contribution in [1.82, 2.24) is 4.57 Å². The lowest BCUT2D eigenvalue weighted by atomic mass is 10.2. The van der Waals surface area contributed by atoms with Crippen LogP contribution in [0.3, 0.4) is 0 Å². The van der Waals surface area contributed by atoms with Gasteiger partial charge in [0.25, 0.3) is 5.91 Å². The molecule has 130 valence electrons. The Hall–Kier alpha value is -2.80. The normalized spacial score (nSPS) is 11.6. The molecule has 0 atom stereocenters. The number of hydrogen-bond donors (Lipinski definition) is 0. The van der Waals surface area contributed by atoms with E-state index in [-0.39, 0.29) is 5.91 Å². The van der Waals surface area contributed by atoms with Crippen molar-refractivity contribution >= 4 is 27.5 Å². The van der Waals surface area contributed by atoms with Gasteiger partial charge in [-0.2, -0.15) is 4.99 Å². The van der Waals surface area contributed by atoms with Gasteiger partial charge >= 0.3 is 0 Å². The van der Waals surface area contributed by atoms with E-state index in [4.69, 9.17) is 14.2 Å². The van der Waals surface area contributed by atoms with Crippen LogP contribution in [0.15, 0.2) is 41.4 Å². The van der Waals surface area contributed by atoms with Crippen LogP contribution in [0.2, 0.25) is 0 Å². The summed E-state index contributed by atoms with van der Waals surface area (Å²) in [6.07, 6.45) is 0. The number of fused-ring (bicyclic) bond motifs is 1. The highest BCUT2D eigenvalue weighted by molar-refractivity contribution is 7.16. The average molecular weight is 358 g/mol. The number of aromatic nitrogens is 1. The van der Waals surface area contributed by atoms with Gasteiger partial charge in [-0.1, -0.05) is 11.3 Å². The number of nitrogens with zero attached hydrogens (tertiary/aromatic N) is 2. The van der Waals surface area contributed by atoms with Crippen LogP contribution in [0.1, 0.15) is 10.4 Å². The monoisotopic (exact) mass is 358 g/mol. The Balaban J connectivity index is 2.06. The molecular formula is C18H18N2O4S. The van der Waals surface area contributed by atoms with E-state index in [9.17, 15) is 4.79 Å². The van der Waals surface area contributed by atoms with Crippen molar-refractivity contribution in [2.24, 2.45) is 12.0 Å². The van der Waals surface area contributed by atoms with Crippen LogP contribution >= 0.6 is 11.3 Å². The molecule has 0 aliphatic carbocycles. The van der Waals surface area contributed by atoms with E-state index in [1.54, 1.807) is 45.6 Å². The Bertz CT molecular complexity index is 987. The predicted molar refractivity (Wildman–Crippen MR) is 96.8 cm³/mol. The van der Waals surface area contributed by atoms with Crippen LogP contribution in [0.25, 0.3) is 10.2 Å². The van der Waals surface area contributed by atoms with Crippen molar-refractivity contribution in [1.29, 1.82) is 0 Å². The smallest absolute Gasteiger partial charge is 0.279 e. The third-order valence-electron chi connectivity index (χ3n) is 3.85. The van der Waals surface area contributed by atoms with E-state index in [1.165, 1.54) is 11.3 Å². The molecule has 0 unspecified atom stereocenters. The number of aryl methyl sites for hydroxylation is 1. The second kappa shape index (κ2) is 6.98. The van der Waals surface area contributed by atoms with Crippen molar-refractivity contribution in [2.75, 3.05) is 21.3 Å². The predicted octanol–water partition coefficient (Wildman–Crippen LogP) is 3.01. The summed E-state index contributed by atoms with van der Waals surface area (Å²) >= 11 is 1.42. The van der Waals surface area contributed by atoms with Gasteiger partial charge in [-0.3, -0.25) is 4.79 Å². The topological polar surface area (TPSA) is 62.1 Å². The SMILES string of the molecule is COc1ccc(C(=O)N=c2sc3cc(OC)c(OC)cc3n2C)cc1. The fourth-order valence-electron chi connectivity index (χ4n) is 2.45. The summed E-state index contributed by atoms with van der Waals surface area (Å²) in [5.74, 6) is 1.67. The highest BCUT2D eigenvalue weighted by Gasteiger charge is 2.12. The molecule has 3 rings (SSSR count). The molecule has 0 aliphatic heterocycles. The first kappa shape index (κ1) is 17.0. The number of thiazole rings is 1. The fraction of sp³-hybridized carbons (Fsp3) is 0.222. The van der Waals surface area contributed by atoms with Crippen molar-refractivity contribution in [3.8, 4) is 17.2 Å². The summed E-state index contributed by atoms with van der Waals surface area (Å²) in [6, 6.07) is 10.6. The van der Waals surface area contributed by atoms with E-state index in [0.717, 1.165) is 10.2 Å². The highest BCUT2D eigenvalue weighted by atomic mass is 32.1. The first-order valence-electron chi connectivity index (χ1n) is 7.52. The number of carbonyl (C=O) groups is 1. The number of amides is 1. The van der Waals surface area contributed by atoms with Gasteiger partial charge in [0.15, 0.2) is 16.3 Å². The third kappa shape index (κ3) is 3.23. The van der Waals surface area contributed by atoms with E-state index in [0.29, 0.717) is 27.6 Å². The maximum atomic E-state index is 12.4. The summed E-state index contributed by atoms with van der Waals surface area (Å²) in [5, 5.41) is 0. The molecule has 6 nitrogen and oxygen atoms in total. The lowest BCUT2D eigenvalue weighted by molar-refractivity contribution is 0.0998. The van der Waals surface area contributed by atoms with Crippen LogP contribution in [-0.4, -0.2) is 31.8 Å². The molecule has 0 saturated carbocycles. The largest absolute Gasteiger partial charge is 0.497 e. The number of ether oxygens (including phenoxy) is 3. The first-order valence-corrected chi connectivity index (χ1v) is 8.33. The maximum Gasteiger partial charge on any atom is 0.279 e. The lowest BCUT2D eigenvalue weighted by Gasteiger charge is -2.07. The summed E-state index contributed by atoms with van der Waals surface area (Å²) in [5.41, 5.74) is 1.43. The zero-order valence-corrected chi connectivity index (χ0v) is 15.2. The zero-order chi connectivity index (χ0) is 18.0. The first-order chi connectivity index (χ1) is 12.1. The summed E-state index contributed by atoms with van der Waals surface area (Å²) in [6.45, 7) is 0. The van der Waals surface area contributed by atoms with Crippen LogP contribution in [0.4, 0.5) is 0 Å². The van der Waals surface area contributed by atoms with Gasteiger partial charge in [-0.25, -0.2) is 0 Å². The van der Waals surface area contributed by atoms with E-state index in [1.807, 2.05) is 23.7 Å². The quantitative estimate of drug-likeness (QED) is 0.719. The fourth-order valence-corrected chi connectivity index (χ4v) is 3.47. The second-order valence-corrected chi connectivity index (χ2v) is 6.27. The van der Waals surface area contributed by atoms with Gasteiger partial charge in [-0.15, -0.1) is 0 Å². The zero-order valence-electron chi connectivity index (χ0n) is 14.4. The van der Waals surface area contributed by atoms with Gasteiger partial charge in [0, 0.05) is 24.7 Å². The van der Waals surface area contributed by atoms with Gasteiger partial charge in [0.2, 0.25) is 0 Å². The molecule has 25 heavy (non-hydrogen) atoms. The summed E-state index contributed by atoms with van der Waals surface area (Å²) in [7, 11) is 6.64. The second-order valence-electron chi connectivity index (χ2n) is 5.26. The number of rotatable bonds is 4. The molecule has 0 bridgehead atoms. The molecule has 0 N–H and O–H groups in total. The van der Waals surface area contributed by atoms with Crippen molar-refractivity contribution in [3.05, 3.63) is 46.8 Å². The standard InChI is InChI=1S/C18H18N2O4S/c1-20-13-9-14(23-3)15(24-4)10-16(13)25-18(20)19-17(21)11-5-7-12(22-2)8-6-11/h5-10H,1-4H3. The molecule has 0 spiro atoms. The van der Waals surface area contributed by atoms with Crippen LogP contribution < -0.4 is 19.0 Å². The van der Waals surface area contributed by atoms with Gasteiger partial charge in [0.1, 0.15) is 5.75 Å². The molecule has 7 heteroatoms. The van der Waals surface area contributed by atoms with Gasteiger partial charge in [-0.05, 0) is 24.3 Å². The Labute approximate surface area is 148 Å². The lowest BCUT2D eigenvalue weighted by Crippen LogP contribution is -2.13. The molecule has 0 fully saturated rings. The third-order valence-corrected chi connectivity index (χ3v) is 4.94. The Morgan fingerprint density at radius 2 is 1.64 bits per heavy atom. The minimum atomic E-state index is -0.302. The molecule has 0 radical (unpaired) electrons. The Kier molecular flexibility index (Phi) is 4.76. The minimum Gasteiger partial charge on any atom is -0.497 e. The number of benzene rings is 2. The molecule has 0 saturated heterocycles. The summed E-state index contributed by atoms with van der Waals surface area (Å²) in [4.78, 5) is 17.3. The summed E-state index contributed by atoms with van der Waals surface area (Å²) < 4.78 is 18.6. The van der Waals surface area contributed by atoms with Gasteiger partial charge in [0.05, 0.1) is 31.5 Å². The molecule has 3 aromatic rings. The van der Waals surface area contributed by atoms with Crippen LogP contribution in [0, 0.1) is 0 Å². The minimum absolute atomic E-state index is 0.302. The maximum absolute atomic E-state index is 12.4. The number of hydrogen-bond acceptors (Lipinski definition) is 5. The number of methoxy groups -OCH3 is 3. The molecule has 1 heterocycles. The Morgan fingerprint density at radius 3 is 2.24 bits per heavy atom. The number of carbonyl (C=O) groups excluding carboxylic acids is 1. The Morgan fingerprint density at radius 1 is 1.00 bits per heavy atom.